The molecule has 522 valence electrons. The zero-order chi connectivity index (χ0) is 72.3. The second-order valence-corrected chi connectivity index (χ2v) is 19.1. The van der Waals surface area contributed by atoms with Gasteiger partial charge in [0.15, 0.2) is 11.5 Å². The van der Waals surface area contributed by atoms with E-state index in [4.69, 9.17) is 41.3 Å². The summed E-state index contributed by atoms with van der Waals surface area (Å²) in [6.45, 7) is 29.4. The molecule has 3 atom stereocenters. The van der Waals surface area contributed by atoms with Gasteiger partial charge < -0.3 is 56.0 Å². The molecule has 0 saturated heterocycles. The van der Waals surface area contributed by atoms with E-state index in [1.165, 1.54) is 40.1 Å². The fourth-order valence-corrected chi connectivity index (χ4v) is 8.96. The van der Waals surface area contributed by atoms with Gasteiger partial charge in [-0.25, -0.2) is 0 Å². The van der Waals surface area contributed by atoms with Crippen LogP contribution in [0.3, 0.4) is 0 Å². The van der Waals surface area contributed by atoms with E-state index in [1.807, 2.05) is 188 Å². The molecule has 0 aliphatic carbocycles. The third-order valence-electron chi connectivity index (χ3n) is 13.8. The van der Waals surface area contributed by atoms with Crippen molar-refractivity contribution >= 4 is 52.7 Å². The molecule has 0 aliphatic rings. The molecule has 0 aliphatic heterocycles. The van der Waals surface area contributed by atoms with Crippen molar-refractivity contribution in [2.24, 2.45) is 0 Å². The maximum Gasteiger partial charge on any atom is 0.306 e. The Labute approximate surface area is 564 Å². The highest BCUT2D eigenvalue weighted by Gasteiger charge is 2.32. The second kappa shape index (κ2) is 46.8. The van der Waals surface area contributed by atoms with Crippen LogP contribution in [0.5, 0.6) is 0 Å². The molecule has 9 rings (SSSR count). The number of methoxy groups -OCH3 is 3. The largest absolute Gasteiger partial charge is 0.469 e. The van der Waals surface area contributed by atoms with E-state index in [-0.39, 0.29) is 56.2 Å². The summed E-state index contributed by atoms with van der Waals surface area (Å²) in [5.41, 5.74) is 7.00. The Kier molecular flexibility index (Phi) is 40.8. The van der Waals surface area contributed by atoms with E-state index < -0.39 is 35.7 Å². The van der Waals surface area contributed by atoms with Gasteiger partial charge >= 0.3 is 17.9 Å². The van der Waals surface area contributed by atoms with Crippen molar-refractivity contribution in [2.45, 2.75) is 160 Å². The van der Waals surface area contributed by atoms with Crippen LogP contribution in [0, 0.1) is 20.8 Å². The summed E-state index contributed by atoms with van der Waals surface area (Å²) in [6, 6.07) is 32.8. The number of rotatable bonds is 21. The van der Waals surface area contributed by atoms with Crippen molar-refractivity contribution < 1.29 is 70.1 Å². The van der Waals surface area contributed by atoms with Gasteiger partial charge in [-0.05, 0) is 57.2 Å². The number of benzene rings is 3. The van der Waals surface area contributed by atoms with Gasteiger partial charge in [0, 0.05) is 110 Å². The highest BCUT2D eigenvalue weighted by Crippen LogP contribution is 2.36. The van der Waals surface area contributed by atoms with Crippen LogP contribution in [0.4, 0.5) is 17.1 Å². The van der Waals surface area contributed by atoms with Crippen LogP contribution >= 0.6 is 0 Å². The first kappa shape index (κ1) is 83.8. The zero-order valence-corrected chi connectivity index (χ0v) is 59.7. The molecule has 3 aromatic carbocycles. The molecule has 96 heavy (non-hydrogen) atoms. The normalized spacial score (nSPS) is 10.7. The van der Waals surface area contributed by atoms with Crippen LogP contribution in [-0.4, -0.2) is 109 Å². The molecule has 24 nitrogen and oxygen atoms in total. The summed E-state index contributed by atoms with van der Waals surface area (Å²) in [4.78, 5) is 78.9. The molecular weight excluding hydrogens is 1230 g/mol. The third-order valence-corrected chi connectivity index (χ3v) is 13.8. The lowest BCUT2D eigenvalue weighted by molar-refractivity contribution is -0.142. The Hall–Kier alpha value is -10.3. The molecule has 6 heterocycles. The fraction of sp³-hybridized carbons (Fsp3) is 0.417. The van der Waals surface area contributed by atoms with Crippen LogP contribution in [-0.2, 0) is 43.0 Å². The van der Waals surface area contributed by atoms with E-state index in [1.54, 1.807) is 61.0 Å². The summed E-state index contributed by atoms with van der Waals surface area (Å²) in [6.07, 6.45) is 4.60. The van der Waals surface area contributed by atoms with Crippen LogP contribution < -0.4 is 14.7 Å². The summed E-state index contributed by atoms with van der Waals surface area (Å²) < 4.78 is 45.5. The average Bonchev–Trinajstić information content (AvgIpc) is 1.67. The predicted octanol–water partition coefficient (Wildman–Crippen LogP) is 16.2. The molecule has 0 unspecified atom stereocenters. The van der Waals surface area contributed by atoms with Gasteiger partial charge in [-0.2, -0.15) is 0 Å². The molecule has 3 amide bonds. The van der Waals surface area contributed by atoms with E-state index in [0.29, 0.717) is 68.2 Å². The van der Waals surface area contributed by atoms with Gasteiger partial charge in [0.25, 0.3) is 0 Å². The van der Waals surface area contributed by atoms with Gasteiger partial charge in [-0.15, -0.1) is 0 Å². The number of carbonyl (C=O) groups is 6. The average molecular weight is 1330 g/mol. The minimum Gasteiger partial charge on any atom is -0.469 e. The van der Waals surface area contributed by atoms with Crippen molar-refractivity contribution in [2.75, 3.05) is 57.2 Å². The zero-order valence-electron chi connectivity index (χ0n) is 59.7. The van der Waals surface area contributed by atoms with E-state index >= 15 is 0 Å². The Balaban J connectivity index is 0.000000666. The molecule has 0 saturated carbocycles. The standard InChI is InChI=1S/3C20H21N3O5.6C2H6/c1-13-19(16-9-10-27-21-16)22-28-20(13)14(12-18(25)26-3)11-17(24)23(2)15-7-5-4-6-8-15;1-13-19(22-28-20(13)16-9-10-27-21-16)14(12-18(25)26-3)11-17(24)23(2)15-7-5-4-6-8-15;1-13-19(22-28-20(13)16-9-10-21-27-16)14(12-18(25)26-3)11-17(24)23(2)15-7-5-4-6-8-15;6*1-2/h3*4-10,14H,11-12H2,1-3H3;6*1-2H3/t3*14-;;;;;;/m001....../s1. The SMILES string of the molecule is CC.CC.CC.CC.CC.CC.COC(=O)C[C@@H](CC(=O)N(C)c1ccccc1)c1noc(-c2ccno2)c1C.COC(=O)C[C@H](CC(=O)N(C)c1ccccc1)c1noc(-c2ccon2)c1C.COC(=O)C[C@H](CC(=O)N(C)c1ccccc1)c1onc(-c2ccon2)c1C. The lowest BCUT2D eigenvalue weighted by Crippen LogP contribution is -2.28. The van der Waals surface area contributed by atoms with Crippen molar-refractivity contribution in [3.05, 3.63) is 162 Å². The maximum absolute atomic E-state index is 12.8. The van der Waals surface area contributed by atoms with Crippen molar-refractivity contribution in [3.8, 4) is 34.4 Å². The number of hydrogen-bond donors (Lipinski definition) is 0. The molecule has 0 N–H and O–H groups in total. The second-order valence-electron chi connectivity index (χ2n) is 19.1. The monoisotopic (exact) mass is 1330 g/mol. The van der Waals surface area contributed by atoms with Gasteiger partial charge in [-0.1, -0.05) is 169 Å². The molecule has 0 bridgehead atoms. The number of para-hydroxylation sites is 3. The van der Waals surface area contributed by atoms with Gasteiger partial charge in [0.05, 0.1) is 58.2 Å². The Morgan fingerprint density at radius 1 is 0.396 bits per heavy atom. The third kappa shape index (κ3) is 24.9. The van der Waals surface area contributed by atoms with Crippen molar-refractivity contribution in [3.63, 3.8) is 0 Å². The van der Waals surface area contributed by atoms with E-state index in [0.717, 1.165) is 17.1 Å². The molecule has 0 spiro atoms. The first-order valence-corrected chi connectivity index (χ1v) is 32.3. The minimum atomic E-state index is -0.515. The van der Waals surface area contributed by atoms with Crippen molar-refractivity contribution in [1.29, 1.82) is 0 Å². The number of anilines is 3. The Morgan fingerprint density at radius 3 is 1.10 bits per heavy atom. The lowest BCUT2D eigenvalue weighted by Gasteiger charge is -2.20. The quantitative estimate of drug-likeness (QED) is 0.0477. The van der Waals surface area contributed by atoms with Gasteiger partial charge in [0.1, 0.15) is 29.7 Å². The van der Waals surface area contributed by atoms with Crippen LogP contribution in [0.1, 0.15) is 173 Å². The molecule has 9 aromatic rings. The highest BCUT2D eigenvalue weighted by atomic mass is 16.5. The van der Waals surface area contributed by atoms with Crippen LogP contribution in [0.2, 0.25) is 0 Å². The van der Waals surface area contributed by atoms with Crippen LogP contribution in [0.15, 0.2) is 155 Å². The Morgan fingerprint density at radius 2 is 0.750 bits per heavy atom. The lowest BCUT2D eigenvalue weighted by atomic mass is 9.93. The molecular formula is C72H99N9O15. The molecule has 0 fully saturated rings. The maximum atomic E-state index is 12.8. The predicted molar refractivity (Wildman–Crippen MR) is 370 cm³/mol. The van der Waals surface area contributed by atoms with Gasteiger partial charge in [0.2, 0.25) is 29.2 Å². The number of carbonyl (C=O) groups excluding carboxylic acids is 6. The first-order valence-electron chi connectivity index (χ1n) is 32.3. The van der Waals surface area contributed by atoms with Crippen LogP contribution in [0.25, 0.3) is 34.4 Å². The number of aromatic nitrogens is 6. The molecule has 6 aromatic heterocycles. The number of ether oxygens (including phenoxy) is 3. The van der Waals surface area contributed by atoms with Gasteiger partial charge in [-0.3, -0.25) is 28.8 Å². The molecule has 24 heteroatoms. The van der Waals surface area contributed by atoms with Crippen molar-refractivity contribution in [1.82, 2.24) is 30.9 Å². The number of esters is 3. The fourth-order valence-electron chi connectivity index (χ4n) is 8.96. The highest BCUT2D eigenvalue weighted by molar-refractivity contribution is 5.95. The minimum absolute atomic E-state index is 0.000835. The first-order chi connectivity index (χ1) is 46.5. The summed E-state index contributed by atoms with van der Waals surface area (Å²) in [5.74, 6) is -1.48. The number of amides is 3. The number of nitrogens with zero attached hydrogens (tertiary/aromatic N) is 9. The van der Waals surface area contributed by atoms with E-state index in [9.17, 15) is 28.8 Å². The topological polar surface area (TPSA) is 296 Å². The molecule has 0 radical (unpaired) electrons. The smallest absolute Gasteiger partial charge is 0.306 e. The van der Waals surface area contributed by atoms with E-state index in [2.05, 4.69) is 30.9 Å². The Bertz CT molecular complexity index is 3180. The summed E-state index contributed by atoms with van der Waals surface area (Å²) in [5, 5.41) is 23.6. The summed E-state index contributed by atoms with van der Waals surface area (Å²) in [7, 11) is 9.03. The summed E-state index contributed by atoms with van der Waals surface area (Å²) >= 11 is 0. The number of hydrogen-bond acceptors (Lipinski definition) is 21.